The summed E-state index contributed by atoms with van der Waals surface area (Å²) in [5.41, 5.74) is 2.56. The summed E-state index contributed by atoms with van der Waals surface area (Å²) in [5.74, 6) is 1.46. The number of nitrogens with one attached hydrogen (secondary N) is 1. The number of fused-ring (bicyclic) bond motifs is 2. The first-order chi connectivity index (χ1) is 12.1. The quantitative estimate of drug-likeness (QED) is 0.709. The van der Waals surface area contributed by atoms with Crippen LogP contribution in [0.5, 0.6) is 11.5 Å². The standard InChI is InChI=1S/C19H17BrN2O3/c1-2-22(10-12-3-6-17-18(7-12)25-11-24-17)19(23)16-9-13-8-14(20)4-5-15(13)21-16/h3-9,21H,2,10-11H2,1H3. The summed E-state index contributed by atoms with van der Waals surface area (Å²) in [7, 11) is 0. The van der Waals surface area contributed by atoms with Crippen molar-refractivity contribution in [2.45, 2.75) is 13.5 Å². The van der Waals surface area contributed by atoms with Gasteiger partial charge in [-0.2, -0.15) is 0 Å². The maximum absolute atomic E-state index is 12.9. The van der Waals surface area contributed by atoms with Gasteiger partial charge >= 0.3 is 0 Å². The number of aromatic nitrogens is 1. The van der Waals surface area contributed by atoms with Crippen molar-refractivity contribution in [1.29, 1.82) is 0 Å². The molecule has 3 aromatic rings. The normalized spacial score (nSPS) is 12.6. The number of nitrogens with zero attached hydrogens (tertiary/aromatic N) is 1. The van der Waals surface area contributed by atoms with E-state index in [2.05, 4.69) is 20.9 Å². The molecule has 0 saturated heterocycles. The van der Waals surface area contributed by atoms with Crippen LogP contribution in [0.1, 0.15) is 23.0 Å². The van der Waals surface area contributed by atoms with Gasteiger partial charge in [0.25, 0.3) is 5.91 Å². The predicted octanol–water partition coefficient (Wildman–Crippen LogP) is 4.32. The Kier molecular flexibility index (Phi) is 4.13. The lowest BCUT2D eigenvalue weighted by atomic mass is 10.2. The van der Waals surface area contributed by atoms with Crippen molar-refractivity contribution in [3.05, 3.63) is 58.2 Å². The van der Waals surface area contributed by atoms with E-state index in [1.807, 2.05) is 49.4 Å². The zero-order valence-corrected chi connectivity index (χ0v) is 15.3. The number of amides is 1. The molecule has 0 bridgehead atoms. The van der Waals surface area contributed by atoms with Crippen LogP contribution >= 0.6 is 15.9 Å². The maximum atomic E-state index is 12.9. The van der Waals surface area contributed by atoms with Gasteiger partial charge in [0.1, 0.15) is 5.69 Å². The maximum Gasteiger partial charge on any atom is 0.270 e. The van der Waals surface area contributed by atoms with Gasteiger partial charge in [-0.25, -0.2) is 0 Å². The van der Waals surface area contributed by atoms with Gasteiger partial charge in [-0.3, -0.25) is 4.79 Å². The number of rotatable bonds is 4. The number of hydrogen-bond donors (Lipinski definition) is 1. The molecule has 0 radical (unpaired) electrons. The molecule has 0 saturated carbocycles. The van der Waals surface area contributed by atoms with Crippen molar-refractivity contribution in [2.75, 3.05) is 13.3 Å². The van der Waals surface area contributed by atoms with Gasteiger partial charge in [-0.15, -0.1) is 0 Å². The van der Waals surface area contributed by atoms with Crippen molar-refractivity contribution in [3.8, 4) is 11.5 Å². The number of aromatic amines is 1. The SMILES string of the molecule is CCN(Cc1ccc2c(c1)OCO2)C(=O)c1cc2cc(Br)ccc2[nH]1. The third-order valence-electron chi connectivity index (χ3n) is 4.29. The molecule has 25 heavy (non-hydrogen) atoms. The average Bonchev–Trinajstić information content (AvgIpc) is 3.24. The Morgan fingerprint density at radius 1 is 1.16 bits per heavy atom. The van der Waals surface area contributed by atoms with E-state index in [1.165, 1.54) is 0 Å². The molecule has 128 valence electrons. The topological polar surface area (TPSA) is 54.6 Å². The number of carbonyl (C=O) groups excluding carboxylic acids is 1. The molecule has 2 aromatic carbocycles. The minimum Gasteiger partial charge on any atom is -0.454 e. The largest absolute Gasteiger partial charge is 0.454 e. The van der Waals surface area contributed by atoms with Crippen LogP contribution in [-0.4, -0.2) is 29.1 Å². The Labute approximate surface area is 153 Å². The van der Waals surface area contributed by atoms with Crippen LogP contribution in [0, 0.1) is 0 Å². The predicted molar refractivity (Wildman–Crippen MR) is 99.0 cm³/mol. The lowest BCUT2D eigenvalue weighted by Crippen LogP contribution is -2.30. The molecule has 1 aliphatic heterocycles. The first kappa shape index (κ1) is 16.0. The Bertz CT molecular complexity index is 951. The minimum atomic E-state index is -0.0208. The fourth-order valence-electron chi connectivity index (χ4n) is 2.98. The van der Waals surface area contributed by atoms with E-state index < -0.39 is 0 Å². The number of carbonyl (C=O) groups is 1. The Morgan fingerprint density at radius 2 is 2.00 bits per heavy atom. The third-order valence-corrected chi connectivity index (χ3v) is 4.79. The molecule has 1 aromatic heterocycles. The zero-order chi connectivity index (χ0) is 17.4. The molecule has 0 atom stereocenters. The van der Waals surface area contributed by atoms with Crippen molar-refractivity contribution in [3.63, 3.8) is 0 Å². The van der Waals surface area contributed by atoms with E-state index in [-0.39, 0.29) is 12.7 Å². The van der Waals surface area contributed by atoms with E-state index in [4.69, 9.17) is 9.47 Å². The van der Waals surface area contributed by atoms with Gasteiger partial charge in [-0.05, 0) is 48.9 Å². The summed E-state index contributed by atoms with van der Waals surface area (Å²) in [4.78, 5) is 17.9. The smallest absolute Gasteiger partial charge is 0.270 e. The third kappa shape index (κ3) is 3.09. The fraction of sp³-hybridized carbons (Fsp3) is 0.211. The molecular weight excluding hydrogens is 384 g/mol. The van der Waals surface area contributed by atoms with Crippen LogP contribution in [0.3, 0.4) is 0 Å². The number of ether oxygens (including phenoxy) is 2. The molecule has 1 aliphatic rings. The van der Waals surface area contributed by atoms with Crippen LogP contribution in [0.25, 0.3) is 10.9 Å². The highest BCUT2D eigenvalue weighted by Gasteiger charge is 2.19. The molecule has 0 spiro atoms. The molecular formula is C19H17BrN2O3. The number of H-pyrrole nitrogens is 1. The van der Waals surface area contributed by atoms with Crippen LogP contribution in [-0.2, 0) is 6.54 Å². The second-order valence-electron chi connectivity index (χ2n) is 5.92. The average molecular weight is 401 g/mol. The Balaban J connectivity index is 1.57. The molecule has 4 rings (SSSR count). The van der Waals surface area contributed by atoms with Crippen molar-refractivity contribution >= 4 is 32.7 Å². The van der Waals surface area contributed by atoms with Crippen molar-refractivity contribution < 1.29 is 14.3 Å². The summed E-state index contributed by atoms with van der Waals surface area (Å²) in [6.07, 6.45) is 0. The summed E-state index contributed by atoms with van der Waals surface area (Å²) in [5, 5.41) is 1.01. The van der Waals surface area contributed by atoms with Gasteiger partial charge in [0.2, 0.25) is 6.79 Å². The molecule has 2 heterocycles. The van der Waals surface area contributed by atoms with Gasteiger partial charge in [0, 0.05) is 28.5 Å². The van der Waals surface area contributed by atoms with Gasteiger partial charge in [0.05, 0.1) is 0 Å². The molecule has 1 N–H and O–H groups in total. The number of benzene rings is 2. The first-order valence-corrected chi connectivity index (χ1v) is 8.89. The minimum absolute atomic E-state index is 0.0208. The number of hydrogen-bond acceptors (Lipinski definition) is 3. The van der Waals surface area contributed by atoms with E-state index in [0.717, 1.165) is 32.4 Å². The highest BCUT2D eigenvalue weighted by molar-refractivity contribution is 9.10. The lowest BCUT2D eigenvalue weighted by Gasteiger charge is -2.20. The fourth-order valence-corrected chi connectivity index (χ4v) is 3.35. The molecule has 1 amide bonds. The number of halogens is 1. The van der Waals surface area contributed by atoms with Crippen molar-refractivity contribution in [2.24, 2.45) is 0 Å². The highest BCUT2D eigenvalue weighted by atomic mass is 79.9. The Hall–Kier alpha value is -2.47. The second kappa shape index (κ2) is 6.44. The molecule has 6 heteroatoms. The van der Waals surface area contributed by atoms with Crippen LogP contribution in [0.15, 0.2) is 46.9 Å². The summed E-state index contributed by atoms with van der Waals surface area (Å²) in [6, 6.07) is 13.6. The molecule has 5 nitrogen and oxygen atoms in total. The Morgan fingerprint density at radius 3 is 2.84 bits per heavy atom. The molecule has 0 unspecified atom stereocenters. The van der Waals surface area contributed by atoms with Crippen LogP contribution < -0.4 is 9.47 Å². The summed E-state index contributed by atoms with van der Waals surface area (Å²) < 4.78 is 11.7. The van der Waals surface area contributed by atoms with Gasteiger partial charge < -0.3 is 19.4 Å². The molecule has 0 aliphatic carbocycles. The summed E-state index contributed by atoms with van der Waals surface area (Å²) in [6.45, 7) is 3.36. The van der Waals surface area contributed by atoms with Gasteiger partial charge in [0.15, 0.2) is 11.5 Å². The van der Waals surface area contributed by atoms with Crippen LogP contribution in [0.2, 0.25) is 0 Å². The first-order valence-electron chi connectivity index (χ1n) is 8.10. The monoisotopic (exact) mass is 400 g/mol. The van der Waals surface area contributed by atoms with E-state index >= 15 is 0 Å². The molecule has 0 fully saturated rings. The van der Waals surface area contributed by atoms with Crippen LogP contribution in [0.4, 0.5) is 0 Å². The van der Waals surface area contributed by atoms with E-state index in [1.54, 1.807) is 4.90 Å². The zero-order valence-electron chi connectivity index (χ0n) is 13.7. The summed E-state index contributed by atoms with van der Waals surface area (Å²) >= 11 is 3.46. The second-order valence-corrected chi connectivity index (χ2v) is 6.84. The highest BCUT2D eigenvalue weighted by Crippen LogP contribution is 2.33. The van der Waals surface area contributed by atoms with Gasteiger partial charge in [-0.1, -0.05) is 22.0 Å². The van der Waals surface area contributed by atoms with E-state index in [9.17, 15) is 4.79 Å². The van der Waals surface area contributed by atoms with Crippen molar-refractivity contribution in [1.82, 2.24) is 9.88 Å². The lowest BCUT2D eigenvalue weighted by molar-refractivity contribution is 0.0747. The van der Waals surface area contributed by atoms with E-state index in [0.29, 0.717) is 18.8 Å².